The van der Waals surface area contributed by atoms with Crippen molar-refractivity contribution in [2.45, 2.75) is 25.9 Å². The molecule has 0 saturated carbocycles. The standard InChI is InChI=1S/C14H16N4O3/c1-2-11(15)9-17-14(19)7-6-13(16-17)10-4-3-5-12(8-10)18(20)21/h3-8,11H,2,9,15H2,1H3. The number of benzene rings is 1. The topological polar surface area (TPSA) is 104 Å². The second-order valence-corrected chi connectivity index (χ2v) is 4.71. The van der Waals surface area contributed by atoms with Gasteiger partial charge in [0.25, 0.3) is 11.2 Å². The van der Waals surface area contributed by atoms with Gasteiger partial charge in [-0.3, -0.25) is 14.9 Å². The zero-order valence-corrected chi connectivity index (χ0v) is 11.6. The van der Waals surface area contributed by atoms with Crippen LogP contribution in [0.1, 0.15) is 13.3 Å². The Morgan fingerprint density at radius 3 is 2.81 bits per heavy atom. The van der Waals surface area contributed by atoms with Crippen LogP contribution in [-0.4, -0.2) is 20.7 Å². The number of aromatic nitrogens is 2. The Kier molecular flexibility index (Phi) is 4.44. The summed E-state index contributed by atoms with van der Waals surface area (Å²) in [6.07, 6.45) is 0.731. The van der Waals surface area contributed by atoms with E-state index in [4.69, 9.17) is 5.73 Å². The van der Waals surface area contributed by atoms with Gasteiger partial charge in [0.15, 0.2) is 0 Å². The fourth-order valence-corrected chi connectivity index (χ4v) is 1.86. The molecule has 110 valence electrons. The molecular weight excluding hydrogens is 272 g/mol. The van der Waals surface area contributed by atoms with E-state index in [1.807, 2.05) is 6.92 Å². The third-order valence-corrected chi connectivity index (χ3v) is 3.15. The maximum absolute atomic E-state index is 11.8. The Balaban J connectivity index is 2.41. The molecule has 0 aliphatic rings. The van der Waals surface area contributed by atoms with Crippen LogP contribution in [0.4, 0.5) is 5.69 Å². The van der Waals surface area contributed by atoms with E-state index in [1.165, 1.54) is 22.9 Å². The third-order valence-electron chi connectivity index (χ3n) is 3.15. The normalized spacial score (nSPS) is 12.1. The fraction of sp³-hybridized carbons (Fsp3) is 0.286. The molecule has 0 aliphatic heterocycles. The van der Waals surface area contributed by atoms with Crippen molar-refractivity contribution in [2.24, 2.45) is 5.73 Å². The molecule has 0 aliphatic carbocycles. The molecule has 0 radical (unpaired) electrons. The minimum atomic E-state index is -0.466. The Hall–Kier alpha value is -2.54. The van der Waals surface area contributed by atoms with Gasteiger partial charge in [0, 0.05) is 29.8 Å². The highest BCUT2D eigenvalue weighted by atomic mass is 16.6. The second kappa shape index (κ2) is 6.27. The van der Waals surface area contributed by atoms with Gasteiger partial charge in [-0.05, 0) is 12.5 Å². The molecule has 7 heteroatoms. The summed E-state index contributed by atoms with van der Waals surface area (Å²) in [5, 5.41) is 15.0. The first-order valence-electron chi connectivity index (χ1n) is 6.60. The van der Waals surface area contributed by atoms with E-state index in [9.17, 15) is 14.9 Å². The molecule has 0 amide bonds. The maximum Gasteiger partial charge on any atom is 0.270 e. The van der Waals surface area contributed by atoms with Crippen molar-refractivity contribution in [1.29, 1.82) is 0 Å². The molecule has 2 aromatic rings. The van der Waals surface area contributed by atoms with Crippen molar-refractivity contribution in [3.8, 4) is 11.3 Å². The van der Waals surface area contributed by atoms with Crippen LogP contribution in [0.5, 0.6) is 0 Å². The lowest BCUT2D eigenvalue weighted by atomic mass is 10.1. The van der Waals surface area contributed by atoms with E-state index < -0.39 is 4.92 Å². The van der Waals surface area contributed by atoms with E-state index in [-0.39, 0.29) is 17.3 Å². The van der Waals surface area contributed by atoms with Gasteiger partial charge in [0.2, 0.25) is 0 Å². The van der Waals surface area contributed by atoms with Gasteiger partial charge in [-0.2, -0.15) is 5.10 Å². The van der Waals surface area contributed by atoms with Crippen LogP contribution >= 0.6 is 0 Å². The molecule has 0 spiro atoms. The summed E-state index contributed by atoms with van der Waals surface area (Å²) in [7, 11) is 0. The molecule has 1 heterocycles. The lowest BCUT2D eigenvalue weighted by Gasteiger charge is -2.11. The summed E-state index contributed by atoms with van der Waals surface area (Å²) in [4.78, 5) is 22.1. The first-order chi connectivity index (χ1) is 10.0. The highest BCUT2D eigenvalue weighted by molar-refractivity contribution is 5.61. The molecule has 21 heavy (non-hydrogen) atoms. The summed E-state index contributed by atoms with van der Waals surface area (Å²) >= 11 is 0. The quantitative estimate of drug-likeness (QED) is 0.664. The third kappa shape index (κ3) is 3.51. The van der Waals surface area contributed by atoms with Crippen molar-refractivity contribution in [3.05, 3.63) is 56.9 Å². The molecule has 0 saturated heterocycles. The average molecular weight is 288 g/mol. The molecule has 0 bridgehead atoms. The van der Waals surface area contributed by atoms with E-state index >= 15 is 0 Å². The summed E-state index contributed by atoms with van der Waals surface area (Å²) in [6, 6.07) is 8.92. The van der Waals surface area contributed by atoms with Crippen LogP contribution in [-0.2, 0) is 6.54 Å². The zero-order valence-electron chi connectivity index (χ0n) is 11.6. The minimum Gasteiger partial charge on any atom is -0.326 e. The Morgan fingerprint density at radius 2 is 2.14 bits per heavy atom. The van der Waals surface area contributed by atoms with Crippen molar-refractivity contribution >= 4 is 5.69 Å². The molecule has 1 aromatic carbocycles. The molecule has 1 unspecified atom stereocenters. The molecular formula is C14H16N4O3. The predicted octanol–water partition coefficient (Wildman–Crippen LogP) is 1.56. The number of nitro groups is 1. The monoisotopic (exact) mass is 288 g/mol. The smallest absolute Gasteiger partial charge is 0.270 e. The van der Waals surface area contributed by atoms with E-state index in [0.717, 1.165) is 6.42 Å². The van der Waals surface area contributed by atoms with E-state index in [2.05, 4.69) is 5.10 Å². The number of hydrogen-bond acceptors (Lipinski definition) is 5. The van der Waals surface area contributed by atoms with Crippen LogP contribution in [0.15, 0.2) is 41.2 Å². The number of non-ortho nitro benzene ring substituents is 1. The lowest BCUT2D eigenvalue weighted by Crippen LogP contribution is -2.32. The number of nitrogens with two attached hydrogens (primary N) is 1. The molecule has 2 rings (SSSR count). The summed E-state index contributed by atoms with van der Waals surface area (Å²) in [5.74, 6) is 0. The van der Waals surface area contributed by atoms with Crippen LogP contribution < -0.4 is 11.3 Å². The molecule has 1 atom stereocenters. The average Bonchev–Trinajstić information content (AvgIpc) is 2.49. The van der Waals surface area contributed by atoms with Crippen molar-refractivity contribution < 1.29 is 4.92 Å². The van der Waals surface area contributed by atoms with Gasteiger partial charge in [0.05, 0.1) is 17.2 Å². The first kappa shape index (κ1) is 14.9. The summed E-state index contributed by atoms with van der Waals surface area (Å²) < 4.78 is 1.29. The molecule has 0 fully saturated rings. The lowest BCUT2D eigenvalue weighted by molar-refractivity contribution is -0.384. The number of rotatable bonds is 5. The van der Waals surface area contributed by atoms with Crippen molar-refractivity contribution in [1.82, 2.24) is 9.78 Å². The van der Waals surface area contributed by atoms with Gasteiger partial charge in [0.1, 0.15) is 0 Å². The minimum absolute atomic E-state index is 0.0164. The maximum atomic E-state index is 11.8. The Morgan fingerprint density at radius 1 is 1.38 bits per heavy atom. The van der Waals surface area contributed by atoms with E-state index in [0.29, 0.717) is 17.8 Å². The van der Waals surface area contributed by atoms with Gasteiger partial charge in [-0.1, -0.05) is 19.1 Å². The second-order valence-electron chi connectivity index (χ2n) is 4.71. The fourth-order valence-electron chi connectivity index (χ4n) is 1.86. The van der Waals surface area contributed by atoms with Crippen molar-refractivity contribution in [3.63, 3.8) is 0 Å². The largest absolute Gasteiger partial charge is 0.326 e. The first-order valence-corrected chi connectivity index (χ1v) is 6.60. The van der Waals surface area contributed by atoms with Gasteiger partial charge in [-0.15, -0.1) is 0 Å². The Labute approximate surface area is 121 Å². The molecule has 2 N–H and O–H groups in total. The van der Waals surface area contributed by atoms with Gasteiger partial charge in [-0.25, -0.2) is 4.68 Å². The van der Waals surface area contributed by atoms with Crippen LogP contribution in [0.3, 0.4) is 0 Å². The highest BCUT2D eigenvalue weighted by Gasteiger charge is 2.10. The number of nitro benzene ring substituents is 1. The summed E-state index contributed by atoms with van der Waals surface area (Å²) in [5.41, 5.74) is 6.67. The SMILES string of the molecule is CCC(N)Cn1nc(-c2cccc([N+](=O)[O-])c2)ccc1=O. The van der Waals surface area contributed by atoms with E-state index in [1.54, 1.807) is 18.2 Å². The number of hydrogen-bond donors (Lipinski definition) is 1. The number of nitrogens with zero attached hydrogens (tertiary/aromatic N) is 3. The van der Waals surface area contributed by atoms with Crippen LogP contribution in [0, 0.1) is 10.1 Å². The van der Waals surface area contributed by atoms with Gasteiger partial charge < -0.3 is 5.73 Å². The molecule has 7 nitrogen and oxygen atoms in total. The van der Waals surface area contributed by atoms with Crippen LogP contribution in [0.2, 0.25) is 0 Å². The van der Waals surface area contributed by atoms with Crippen molar-refractivity contribution in [2.75, 3.05) is 0 Å². The zero-order chi connectivity index (χ0) is 15.4. The highest BCUT2D eigenvalue weighted by Crippen LogP contribution is 2.21. The Bertz CT molecular complexity index is 711. The summed E-state index contributed by atoms with van der Waals surface area (Å²) in [6.45, 7) is 2.25. The van der Waals surface area contributed by atoms with Gasteiger partial charge >= 0.3 is 0 Å². The molecule has 1 aromatic heterocycles. The van der Waals surface area contributed by atoms with Crippen LogP contribution in [0.25, 0.3) is 11.3 Å². The predicted molar refractivity (Wildman–Crippen MR) is 78.9 cm³/mol.